The van der Waals surface area contributed by atoms with Crippen LogP contribution in [0, 0.1) is 0 Å². The van der Waals surface area contributed by atoms with Crippen molar-refractivity contribution in [1.29, 1.82) is 0 Å². The molecule has 80 valence electrons. The molecule has 4 heteroatoms. The zero-order valence-electron chi connectivity index (χ0n) is 10.9. The van der Waals surface area contributed by atoms with Crippen LogP contribution in [0.5, 0.6) is 0 Å². The third kappa shape index (κ3) is 5.62. The van der Waals surface area contributed by atoms with Crippen LogP contribution < -0.4 is 0 Å². The van der Waals surface area contributed by atoms with Gasteiger partial charge in [-0.2, -0.15) is 0 Å². The van der Waals surface area contributed by atoms with Crippen molar-refractivity contribution < 1.29 is 0 Å². The second-order valence-corrected chi connectivity index (χ2v) is 116. The van der Waals surface area contributed by atoms with E-state index in [1.165, 1.54) is 0 Å². The van der Waals surface area contributed by atoms with Gasteiger partial charge in [0.25, 0.3) is 0 Å². The number of hydrogen-bond donors (Lipinski definition) is 0. The van der Waals surface area contributed by atoms with Gasteiger partial charge in [0, 0.05) is 0 Å². The summed E-state index contributed by atoms with van der Waals surface area (Å²) in [5, 5.41) is 0. The van der Waals surface area contributed by atoms with Crippen LogP contribution >= 0.6 is 0.881 Å². The third-order valence-corrected chi connectivity index (χ3v) is 272. The first-order valence-corrected chi connectivity index (χ1v) is 43.7. The first-order valence-electron chi connectivity index (χ1n) is 5.17. The molecule has 13 heavy (non-hydrogen) atoms. The predicted molar refractivity (Wildman–Crippen MR) is 77.0 cm³/mol. The van der Waals surface area contributed by atoms with Gasteiger partial charge in [-0.15, -0.1) is 0 Å². The first kappa shape index (κ1) is 15.8. The topological polar surface area (TPSA) is 0 Å². The summed E-state index contributed by atoms with van der Waals surface area (Å²) in [6, 6.07) is 0. The van der Waals surface area contributed by atoms with Crippen LogP contribution in [0.3, 0.4) is 0 Å². The number of hydrogen-bond acceptors (Lipinski definition) is 0. The van der Waals surface area contributed by atoms with Crippen molar-refractivity contribution in [1.82, 2.24) is 0 Å². The van der Waals surface area contributed by atoms with Gasteiger partial charge in [0.05, 0.1) is 0 Å². The molecule has 0 aliphatic heterocycles. The molecule has 0 rings (SSSR count). The summed E-state index contributed by atoms with van der Waals surface area (Å²) in [6.45, 7) is 0. The van der Waals surface area contributed by atoms with Gasteiger partial charge in [-0.1, -0.05) is 0 Å². The van der Waals surface area contributed by atoms with E-state index in [4.69, 9.17) is 0 Å². The van der Waals surface area contributed by atoms with Gasteiger partial charge in [0.15, 0.2) is 0 Å². The maximum absolute atomic E-state index is 2.70. The summed E-state index contributed by atoms with van der Waals surface area (Å²) in [6.07, 6.45) is 0. The van der Waals surface area contributed by atoms with Crippen molar-refractivity contribution in [2.24, 2.45) is 0 Å². The van der Waals surface area contributed by atoms with Gasteiger partial charge >= 0.3 is 98.8 Å². The summed E-state index contributed by atoms with van der Waals surface area (Å²) in [4.78, 5) is 24.3. The van der Waals surface area contributed by atoms with Crippen LogP contribution in [0.1, 0.15) is 0 Å². The van der Waals surface area contributed by atoms with Gasteiger partial charge in [0.2, 0.25) is 0 Å². The SMILES string of the molecule is [CH3][Sn]([CH3])([CH3])[P]([Sn]([CH3])([CH3])[CH3])[Sn]([CH3])([CH3])[CH3]. The van der Waals surface area contributed by atoms with Crippen LogP contribution in [0.15, 0.2) is 0 Å². The zero-order chi connectivity index (χ0) is 11.1. The summed E-state index contributed by atoms with van der Waals surface area (Å²) in [5.41, 5.74) is 0. The van der Waals surface area contributed by atoms with Crippen molar-refractivity contribution in [2.45, 2.75) is 44.5 Å². The van der Waals surface area contributed by atoms with E-state index < -0.39 is 53.5 Å². The van der Waals surface area contributed by atoms with E-state index in [1.54, 1.807) is 0 Å². The van der Waals surface area contributed by atoms with Gasteiger partial charge in [0.1, 0.15) is 0 Å². The van der Waals surface area contributed by atoms with Crippen molar-refractivity contribution in [3.8, 4) is 0 Å². The van der Waals surface area contributed by atoms with Gasteiger partial charge in [-0.3, -0.25) is 0 Å². The van der Waals surface area contributed by atoms with E-state index in [-0.39, 0.29) is 0 Å². The quantitative estimate of drug-likeness (QED) is 0.363. The second-order valence-electron chi connectivity index (χ2n) is 6.85. The first-order chi connectivity index (χ1) is 5.37. The molecule has 0 radical (unpaired) electrons. The Kier molecular flexibility index (Phi) is 6.08. The molecule has 0 unspecified atom stereocenters. The van der Waals surface area contributed by atoms with Crippen LogP contribution in [0.25, 0.3) is 0 Å². The van der Waals surface area contributed by atoms with Crippen LogP contribution in [0.4, 0.5) is 0 Å². The Morgan fingerprint density at radius 3 is 0.615 bits per heavy atom. The van der Waals surface area contributed by atoms with E-state index in [1.807, 2.05) is 0 Å². The molecule has 0 spiro atoms. The normalized spacial score (nSPS) is 15.2. The fourth-order valence-corrected chi connectivity index (χ4v) is 408. The number of rotatable bonds is 3. The average Bonchev–Trinajstić information content (AvgIpc) is 1.44. The summed E-state index contributed by atoms with van der Waals surface area (Å²) < 4.78 is 0.646. The van der Waals surface area contributed by atoms with E-state index in [0.717, 1.165) is 0 Å². The standard InChI is InChI=1S/9CH3.P.3Sn/h9*1H3;;;;. The molecule has 0 atom stereocenters. The Morgan fingerprint density at radius 1 is 0.462 bits per heavy atom. The Bertz CT molecular complexity index is 137. The average molecular weight is 522 g/mol. The molecular formula is C9H27PSn3. The Morgan fingerprint density at radius 2 is 0.615 bits per heavy atom. The van der Waals surface area contributed by atoms with Crippen LogP contribution in [-0.4, -0.2) is 53.5 Å². The van der Waals surface area contributed by atoms with Gasteiger partial charge in [-0.25, -0.2) is 0 Å². The molecule has 0 nitrogen and oxygen atoms in total. The monoisotopic (exact) mass is 526 g/mol. The minimum atomic E-state index is -1.54. The molecule has 0 aromatic heterocycles. The van der Waals surface area contributed by atoms with E-state index in [9.17, 15) is 0 Å². The molecule has 0 heterocycles. The van der Waals surface area contributed by atoms with Crippen molar-refractivity contribution in [3.63, 3.8) is 0 Å². The molecule has 0 fully saturated rings. The molecular weight excluding hydrogens is 495 g/mol. The van der Waals surface area contributed by atoms with Crippen LogP contribution in [-0.2, 0) is 0 Å². The summed E-state index contributed by atoms with van der Waals surface area (Å²) >= 11 is -4.63. The molecule has 0 aromatic carbocycles. The fourth-order valence-electron chi connectivity index (χ4n) is 3.02. The van der Waals surface area contributed by atoms with Crippen molar-refractivity contribution in [3.05, 3.63) is 0 Å². The van der Waals surface area contributed by atoms with Crippen LogP contribution in [0.2, 0.25) is 44.5 Å². The molecule has 0 saturated carbocycles. The molecule has 0 bridgehead atoms. The van der Waals surface area contributed by atoms with E-state index >= 15 is 0 Å². The molecule has 0 saturated heterocycles. The molecule has 0 aliphatic carbocycles. The molecule has 0 N–H and O–H groups in total. The minimum absolute atomic E-state index is 0.646. The van der Waals surface area contributed by atoms with Crippen molar-refractivity contribution in [2.75, 3.05) is 0 Å². The predicted octanol–water partition coefficient (Wildman–Crippen LogP) is 4.97. The molecule has 0 amide bonds. The van der Waals surface area contributed by atoms with Gasteiger partial charge in [-0.05, 0) is 0 Å². The second kappa shape index (κ2) is 4.99. The molecule has 0 aliphatic rings. The van der Waals surface area contributed by atoms with Gasteiger partial charge < -0.3 is 0 Å². The van der Waals surface area contributed by atoms with E-state index in [0.29, 0.717) is 0.881 Å². The Labute approximate surface area is 97.1 Å². The van der Waals surface area contributed by atoms with E-state index in [2.05, 4.69) is 44.5 Å². The fraction of sp³-hybridized carbons (Fsp3) is 1.00. The molecule has 0 aromatic rings. The Hall–Kier alpha value is 2.83. The zero-order valence-corrected chi connectivity index (χ0v) is 20.4. The summed E-state index contributed by atoms with van der Waals surface area (Å²) in [5.74, 6) is 0. The maximum atomic E-state index is 2.70. The Balaban J connectivity index is 5.02. The third-order valence-electron chi connectivity index (χ3n) is 2.01. The summed E-state index contributed by atoms with van der Waals surface area (Å²) in [7, 11) is 0. The van der Waals surface area contributed by atoms with Crippen molar-refractivity contribution >= 4 is 54.4 Å².